The Balaban J connectivity index is 2.04. The summed E-state index contributed by atoms with van der Waals surface area (Å²) >= 11 is 0. The number of carbonyl (C=O) groups excluding carboxylic acids is 1. The fraction of sp³-hybridized carbons (Fsp3) is 0.562. The van der Waals surface area contributed by atoms with Crippen molar-refractivity contribution in [3.8, 4) is 11.5 Å². The highest BCUT2D eigenvalue weighted by atomic mass is 16.5. The van der Waals surface area contributed by atoms with Crippen LogP contribution in [0, 0.1) is 0 Å². The first-order valence-corrected chi connectivity index (χ1v) is 7.50. The molecule has 0 bridgehead atoms. The maximum absolute atomic E-state index is 12.3. The van der Waals surface area contributed by atoms with E-state index in [9.17, 15) is 4.79 Å². The Labute approximate surface area is 130 Å². The average molecular weight is 309 g/mol. The predicted molar refractivity (Wildman–Crippen MR) is 81.5 cm³/mol. The third-order valence-corrected chi connectivity index (χ3v) is 3.66. The van der Waals surface area contributed by atoms with Crippen molar-refractivity contribution in [3.05, 3.63) is 23.8 Å². The molecule has 122 valence electrons. The minimum absolute atomic E-state index is 0.0427. The zero-order valence-electron chi connectivity index (χ0n) is 13.0. The van der Waals surface area contributed by atoms with Crippen molar-refractivity contribution < 1.29 is 24.1 Å². The standard InChI is InChI=1S/C16H23NO5/c1-11(13-4-3-8-21-13)17-16(19)12-5-6-14(20-2)15(10-12)22-9-7-18/h5-6,10-11,13,18H,3-4,7-9H2,1-2H3,(H,17,19)/t11-,13-/m1/s1. The Morgan fingerprint density at radius 2 is 2.32 bits per heavy atom. The molecule has 1 saturated heterocycles. The Morgan fingerprint density at radius 3 is 2.95 bits per heavy atom. The number of carbonyl (C=O) groups is 1. The van der Waals surface area contributed by atoms with Gasteiger partial charge in [0, 0.05) is 12.2 Å². The van der Waals surface area contributed by atoms with Crippen molar-refractivity contribution in [2.45, 2.75) is 31.9 Å². The number of aliphatic hydroxyl groups is 1. The van der Waals surface area contributed by atoms with Crippen LogP contribution in [-0.2, 0) is 4.74 Å². The van der Waals surface area contributed by atoms with Crippen molar-refractivity contribution >= 4 is 5.91 Å². The molecule has 0 radical (unpaired) electrons. The third kappa shape index (κ3) is 4.11. The molecule has 2 rings (SSSR count). The molecule has 2 N–H and O–H groups in total. The van der Waals surface area contributed by atoms with Crippen LogP contribution in [0.15, 0.2) is 18.2 Å². The molecule has 1 heterocycles. The van der Waals surface area contributed by atoms with E-state index < -0.39 is 0 Å². The minimum Gasteiger partial charge on any atom is -0.493 e. The zero-order chi connectivity index (χ0) is 15.9. The Kier molecular flexibility index (Phi) is 6.03. The van der Waals surface area contributed by atoms with E-state index >= 15 is 0 Å². The van der Waals surface area contributed by atoms with Crippen LogP contribution in [0.3, 0.4) is 0 Å². The van der Waals surface area contributed by atoms with Gasteiger partial charge in [-0.05, 0) is 38.0 Å². The van der Waals surface area contributed by atoms with Crippen molar-refractivity contribution in [2.24, 2.45) is 0 Å². The molecule has 1 aliphatic heterocycles. The van der Waals surface area contributed by atoms with Gasteiger partial charge in [0.25, 0.3) is 5.91 Å². The molecular weight excluding hydrogens is 286 g/mol. The van der Waals surface area contributed by atoms with Gasteiger partial charge in [-0.3, -0.25) is 4.79 Å². The van der Waals surface area contributed by atoms with E-state index in [1.807, 2.05) is 6.92 Å². The lowest BCUT2D eigenvalue weighted by molar-refractivity contribution is 0.0712. The first-order valence-electron chi connectivity index (χ1n) is 7.50. The minimum atomic E-state index is -0.181. The molecule has 0 aliphatic carbocycles. The molecule has 1 aromatic carbocycles. The van der Waals surface area contributed by atoms with E-state index in [0.29, 0.717) is 17.1 Å². The van der Waals surface area contributed by atoms with Gasteiger partial charge in [0.05, 0.1) is 25.9 Å². The van der Waals surface area contributed by atoms with Gasteiger partial charge in [0.1, 0.15) is 6.61 Å². The summed E-state index contributed by atoms with van der Waals surface area (Å²) in [5, 5.41) is 11.8. The van der Waals surface area contributed by atoms with E-state index in [0.717, 1.165) is 19.4 Å². The number of benzene rings is 1. The van der Waals surface area contributed by atoms with Gasteiger partial charge in [0.15, 0.2) is 11.5 Å². The lowest BCUT2D eigenvalue weighted by atomic mass is 10.1. The number of hydrogen-bond donors (Lipinski definition) is 2. The first kappa shape index (κ1) is 16.6. The summed E-state index contributed by atoms with van der Waals surface area (Å²) in [4.78, 5) is 12.3. The van der Waals surface area contributed by atoms with Crippen molar-refractivity contribution in [3.63, 3.8) is 0 Å². The number of methoxy groups -OCH3 is 1. The van der Waals surface area contributed by atoms with Crippen LogP contribution >= 0.6 is 0 Å². The summed E-state index contributed by atoms with van der Waals surface area (Å²) in [5.74, 6) is 0.783. The Bertz CT molecular complexity index is 499. The molecule has 6 heteroatoms. The van der Waals surface area contributed by atoms with Crippen LogP contribution in [0.5, 0.6) is 11.5 Å². The number of amides is 1. The smallest absolute Gasteiger partial charge is 0.251 e. The lowest BCUT2D eigenvalue weighted by Crippen LogP contribution is -2.40. The van der Waals surface area contributed by atoms with Crippen molar-refractivity contribution in [1.29, 1.82) is 0 Å². The van der Waals surface area contributed by atoms with Crippen LogP contribution < -0.4 is 14.8 Å². The molecule has 1 amide bonds. The molecule has 22 heavy (non-hydrogen) atoms. The second kappa shape index (κ2) is 8.00. The van der Waals surface area contributed by atoms with Crippen LogP contribution in [0.2, 0.25) is 0 Å². The maximum Gasteiger partial charge on any atom is 0.251 e. The van der Waals surface area contributed by atoms with Gasteiger partial charge in [-0.1, -0.05) is 0 Å². The molecule has 0 saturated carbocycles. The van der Waals surface area contributed by atoms with Crippen LogP contribution in [-0.4, -0.2) is 50.1 Å². The first-order chi connectivity index (χ1) is 10.7. The normalized spacial score (nSPS) is 18.8. The second-order valence-corrected chi connectivity index (χ2v) is 5.25. The summed E-state index contributed by atoms with van der Waals surface area (Å²) in [5.41, 5.74) is 0.485. The van der Waals surface area contributed by atoms with E-state index in [4.69, 9.17) is 19.3 Å². The third-order valence-electron chi connectivity index (χ3n) is 3.66. The molecule has 0 unspecified atom stereocenters. The fourth-order valence-corrected chi connectivity index (χ4v) is 2.47. The lowest BCUT2D eigenvalue weighted by Gasteiger charge is -2.20. The largest absolute Gasteiger partial charge is 0.493 e. The van der Waals surface area contributed by atoms with E-state index in [1.165, 1.54) is 7.11 Å². The molecule has 1 fully saturated rings. The van der Waals surface area contributed by atoms with Gasteiger partial charge in [-0.15, -0.1) is 0 Å². The van der Waals surface area contributed by atoms with Gasteiger partial charge in [0.2, 0.25) is 0 Å². The quantitative estimate of drug-likeness (QED) is 0.795. The summed E-state index contributed by atoms with van der Waals surface area (Å²) in [6, 6.07) is 4.94. The summed E-state index contributed by atoms with van der Waals surface area (Å²) in [6.07, 6.45) is 2.08. The molecule has 0 spiro atoms. The summed E-state index contributed by atoms with van der Waals surface area (Å²) in [6.45, 7) is 2.75. The predicted octanol–water partition coefficient (Wildman–Crippen LogP) is 1.36. The average Bonchev–Trinajstić information content (AvgIpc) is 3.07. The molecular formula is C16H23NO5. The monoisotopic (exact) mass is 309 g/mol. The Hall–Kier alpha value is -1.79. The van der Waals surface area contributed by atoms with Crippen LogP contribution in [0.25, 0.3) is 0 Å². The van der Waals surface area contributed by atoms with Gasteiger partial charge in [-0.25, -0.2) is 0 Å². The highest BCUT2D eigenvalue weighted by molar-refractivity contribution is 5.95. The number of rotatable bonds is 7. The Morgan fingerprint density at radius 1 is 1.50 bits per heavy atom. The van der Waals surface area contributed by atoms with E-state index in [2.05, 4.69) is 5.32 Å². The van der Waals surface area contributed by atoms with Gasteiger partial charge < -0.3 is 24.6 Å². The fourth-order valence-electron chi connectivity index (χ4n) is 2.47. The summed E-state index contributed by atoms with van der Waals surface area (Å²) < 4.78 is 16.2. The number of ether oxygens (including phenoxy) is 3. The molecule has 6 nitrogen and oxygen atoms in total. The van der Waals surface area contributed by atoms with Crippen molar-refractivity contribution in [2.75, 3.05) is 26.9 Å². The maximum atomic E-state index is 12.3. The van der Waals surface area contributed by atoms with Crippen molar-refractivity contribution in [1.82, 2.24) is 5.32 Å². The van der Waals surface area contributed by atoms with E-state index in [1.54, 1.807) is 18.2 Å². The molecule has 0 aromatic heterocycles. The van der Waals surface area contributed by atoms with Gasteiger partial charge >= 0.3 is 0 Å². The summed E-state index contributed by atoms with van der Waals surface area (Å²) in [7, 11) is 1.53. The number of nitrogens with one attached hydrogen (secondary N) is 1. The zero-order valence-corrected chi connectivity index (χ0v) is 13.0. The van der Waals surface area contributed by atoms with Crippen LogP contribution in [0.1, 0.15) is 30.1 Å². The number of aliphatic hydroxyl groups excluding tert-OH is 1. The number of hydrogen-bond acceptors (Lipinski definition) is 5. The topological polar surface area (TPSA) is 77.0 Å². The van der Waals surface area contributed by atoms with E-state index in [-0.39, 0.29) is 31.3 Å². The second-order valence-electron chi connectivity index (χ2n) is 5.25. The SMILES string of the molecule is COc1ccc(C(=O)N[C@H](C)[C@H]2CCCO2)cc1OCCO. The molecule has 1 aromatic rings. The van der Waals surface area contributed by atoms with Gasteiger partial charge in [-0.2, -0.15) is 0 Å². The highest BCUT2D eigenvalue weighted by Gasteiger charge is 2.24. The van der Waals surface area contributed by atoms with Crippen LogP contribution in [0.4, 0.5) is 0 Å². The molecule has 2 atom stereocenters. The highest BCUT2D eigenvalue weighted by Crippen LogP contribution is 2.28. The molecule has 1 aliphatic rings.